The Morgan fingerprint density at radius 1 is 1.05 bits per heavy atom. The minimum atomic E-state index is -0.962. The van der Waals surface area contributed by atoms with E-state index in [0.29, 0.717) is 5.75 Å². The van der Waals surface area contributed by atoms with Gasteiger partial charge in [-0.1, -0.05) is 30.3 Å². The van der Waals surface area contributed by atoms with E-state index in [1.807, 2.05) is 30.3 Å². The Hall–Kier alpha value is -1.71. The van der Waals surface area contributed by atoms with Crippen molar-refractivity contribution in [1.82, 2.24) is 0 Å². The second-order valence-corrected chi connectivity index (χ2v) is 6.69. The molecule has 0 bridgehead atoms. The van der Waals surface area contributed by atoms with E-state index in [4.69, 9.17) is 0 Å². The average Bonchev–Trinajstić information content (AvgIpc) is 2.85. The lowest BCUT2D eigenvalue weighted by molar-refractivity contribution is 0.282. The SMILES string of the molecule is O=S1CC2=C(Cc3ccc(CO)cc32)c2ccccc21. The van der Waals surface area contributed by atoms with Gasteiger partial charge in [0.2, 0.25) is 0 Å². The molecule has 0 fully saturated rings. The number of allylic oxidation sites excluding steroid dienone is 1. The number of benzene rings is 2. The first-order chi connectivity index (χ1) is 9.78. The number of aliphatic hydroxyl groups is 1. The number of hydrogen-bond acceptors (Lipinski definition) is 2. The van der Waals surface area contributed by atoms with Gasteiger partial charge in [0.15, 0.2) is 0 Å². The van der Waals surface area contributed by atoms with Crippen LogP contribution in [0.2, 0.25) is 0 Å². The topological polar surface area (TPSA) is 37.3 Å². The van der Waals surface area contributed by atoms with Gasteiger partial charge < -0.3 is 5.11 Å². The molecule has 0 spiro atoms. The van der Waals surface area contributed by atoms with Crippen LogP contribution >= 0.6 is 0 Å². The molecule has 2 aromatic rings. The zero-order chi connectivity index (χ0) is 13.7. The molecule has 0 radical (unpaired) electrons. The first-order valence-electron chi connectivity index (χ1n) is 6.71. The molecule has 0 saturated carbocycles. The maximum absolute atomic E-state index is 12.4. The monoisotopic (exact) mass is 282 g/mol. The molecule has 2 nitrogen and oxygen atoms in total. The van der Waals surface area contributed by atoms with E-state index in [9.17, 15) is 9.32 Å². The van der Waals surface area contributed by atoms with Crippen molar-refractivity contribution in [2.75, 3.05) is 5.75 Å². The lowest BCUT2D eigenvalue weighted by Gasteiger charge is -2.18. The van der Waals surface area contributed by atoms with Crippen molar-refractivity contribution >= 4 is 21.9 Å². The largest absolute Gasteiger partial charge is 0.392 e. The van der Waals surface area contributed by atoms with E-state index in [-0.39, 0.29) is 6.61 Å². The Labute approximate surface area is 120 Å². The fourth-order valence-electron chi connectivity index (χ4n) is 3.16. The zero-order valence-electron chi connectivity index (χ0n) is 10.9. The van der Waals surface area contributed by atoms with Gasteiger partial charge in [-0.3, -0.25) is 4.21 Å². The summed E-state index contributed by atoms with van der Waals surface area (Å²) in [5, 5.41) is 9.30. The van der Waals surface area contributed by atoms with Gasteiger partial charge in [-0.15, -0.1) is 0 Å². The first-order valence-corrected chi connectivity index (χ1v) is 8.02. The van der Waals surface area contributed by atoms with Crippen molar-refractivity contribution in [2.24, 2.45) is 0 Å². The zero-order valence-corrected chi connectivity index (χ0v) is 11.7. The molecular formula is C17H14O2S. The summed E-state index contributed by atoms with van der Waals surface area (Å²) in [6.45, 7) is 0.0512. The van der Waals surface area contributed by atoms with Crippen LogP contribution in [0.4, 0.5) is 0 Å². The highest BCUT2D eigenvalue weighted by molar-refractivity contribution is 7.85. The summed E-state index contributed by atoms with van der Waals surface area (Å²) in [6, 6.07) is 14.1. The van der Waals surface area contributed by atoms with E-state index >= 15 is 0 Å². The molecule has 1 aliphatic carbocycles. The lowest BCUT2D eigenvalue weighted by Crippen LogP contribution is -2.09. The van der Waals surface area contributed by atoms with Crippen molar-refractivity contribution < 1.29 is 9.32 Å². The first kappa shape index (κ1) is 12.1. The summed E-state index contributed by atoms with van der Waals surface area (Å²) in [5.41, 5.74) is 7.02. The number of rotatable bonds is 1. The van der Waals surface area contributed by atoms with Crippen LogP contribution in [0.5, 0.6) is 0 Å². The highest BCUT2D eigenvalue weighted by Gasteiger charge is 2.30. The third kappa shape index (κ3) is 1.63. The molecule has 100 valence electrons. The normalized spacial score (nSPS) is 19.6. The number of aliphatic hydroxyl groups excluding tert-OH is 1. The minimum absolute atomic E-state index is 0.0512. The molecule has 0 amide bonds. The van der Waals surface area contributed by atoms with Crippen molar-refractivity contribution in [1.29, 1.82) is 0 Å². The van der Waals surface area contributed by atoms with Gasteiger partial charge in [-0.25, -0.2) is 0 Å². The summed E-state index contributed by atoms with van der Waals surface area (Å²) in [6.07, 6.45) is 0.907. The van der Waals surface area contributed by atoms with E-state index in [1.165, 1.54) is 22.3 Å². The second kappa shape index (κ2) is 4.40. The molecule has 1 unspecified atom stereocenters. The van der Waals surface area contributed by atoms with Crippen LogP contribution in [-0.2, 0) is 23.8 Å². The minimum Gasteiger partial charge on any atom is -0.392 e. The second-order valence-electron chi connectivity index (χ2n) is 5.27. The molecule has 1 heterocycles. The summed E-state index contributed by atoms with van der Waals surface area (Å²) in [4.78, 5) is 0.960. The molecule has 0 saturated heterocycles. The van der Waals surface area contributed by atoms with Crippen LogP contribution in [0, 0.1) is 0 Å². The Morgan fingerprint density at radius 3 is 2.75 bits per heavy atom. The molecule has 4 rings (SSSR count). The van der Waals surface area contributed by atoms with Gasteiger partial charge in [-0.2, -0.15) is 0 Å². The Bertz CT molecular complexity index is 774. The van der Waals surface area contributed by atoms with Gasteiger partial charge in [0.05, 0.1) is 23.2 Å². The van der Waals surface area contributed by atoms with Crippen LogP contribution < -0.4 is 0 Å². The lowest BCUT2D eigenvalue weighted by atomic mass is 10.0. The molecule has 1 N–H and O–H groups in total. The van der Waals surface area contributed by atoms with Gasteiger partial charge in [0, 0.05) is 4.90 Å². The summed E-state index contributed by atoms with van der Waals surface area (Å²) in [5.74, 6) is 0.591. The van der Waals surface area contributed by atoms with Crippen LogP contribution in [0.15, 0.2) is 47.4 Å². The molecule has 2 aliphatic rings. The Balaban J connectivity index is 1.93. The van der Waals surface area contributed by atoms with Gasteiger partial charge >= 0.3 is 0 Å². The third-order valence-electron chi connectivity index (χ3n) is 4.15. The maximum atomic E-state index is 12.4. The number of fused-ring (bicyclic) bond motifs is 4. The van der Waals surface area contributed by atoms with Gasteiger partial charge in [0.1, 0.15) is 0 Å². The highest BCUT2D eigenvalue weighted by atomic mass is 32.2. The van der Waals surface area contributed by atoms with E-state index in [0.717, 1.165) is 22.4 Å². The van der Waals surface area contributed by atoms with Crippen LogP contribution in [0.3, 0.4) is 0 Å². The predicted octanol–water partition coefficient (Wildman–Crippen LogP) is 2.77. The Morgan fingerprint density at radius 2 is 1.90 bits per heavy atom. The molecule has 1 atom stereocenters. The maximum Gasteiger partial charge on any atom is 0.0682 e. The standard InChI is InChI=1S/C17H14O2S/c18-9-11-5-6-12-8-15-13-3-1-2-4-17(13)20(19)10-16(15)14(12)7-11/h1-7,18H,8-10H2. The molecule has 1 aliphatic heterocycles. The van der Waals surface area contributed by atoms with Gasteiger partial charge in [0.25, 0.3) is 0 Å². The molecular weight excluding hydrogens is 268 g/mol. The van der Waals surface area contributed by atoms with E-state index in [1.54, 1.807) is 0 Å². The van der Waals surface area contributed by atoms with E-state index in [2.05, 4.69) is 12.1 Å². The van der Waals surface area contributed by atoms with Gasteiger partial charge in [-0.05, 0) is 52.0 Å². The van der Waals surface area contributed by atoms with Crippen LogP contribution in [0.1, 0.15) is 22.3 Å². The van der Waals surface area contributed by atoms with E-state index < -0.39 is 10.8 Å². The average molecular weight is 282 g/mol. The third-order valence-corrected chi connectivity index (χ3v) is 5.54. The van der Waals surface area contributed by atoms with Crippen molar-refractivity contribution in [3.05, 3.63) is 64.7 Å². The van der Waals surface area contributed by atoms with Crippen LogP contribution in [-0.4, -0.2) is 15.1 Å². The summed E-state index contributed by atoms with van der Waals surface area (Å²) in [7, 11) is -0.962. The molecule has 0 aromatic heterocycles. The van der Waals surface area contributed by atoms with Crippen LogP contribution in [0.25, 0.3) is 11.1 Å². The number of hydrogen-bond donors (Lipinski definition) is 1. The Kier molecular flexibility index (Phi) is 2.65. The van der Waals surface area contributed by atoms with Crippen molar-refractivity contribution in [3.8, 4) is 0 Å². The molecule has 3 heteroatoms. The summed E-state index contributed by atoms with van der Waals surface area (Å²) >= 11 is 0. The molecule has 2 aromatic carbocycles. The van der Waals surface area contributed by atoms with Crippen molar-refractivity contribution in [3.63, 3.8) is 0 Å². The fourth-order valence-corrected chi connectivity index (χ4v) is 4.58. The molecule has 20 heavy (non-hydrogen) atoms. The summed E-state index contributed by atoms with van der Waals surface area (Å²) < 4.78 is 12.4. The quantitative estimate of drug-likeness (QED) is 0.873. The fraction of sp³-hybridized carbons (Fsp3) is 0.176. The highest BCUT2D eigenvalue weighted by Crippen LogP contribution is 2.44. The predicted molar refractivity (Wildman–Crippen MR) is 80.6 cm³/mol. The van der Waals surface area contributed by atoms with Crippen molar-refractivity contribution in [2.45, 2.75) is 17.9 Å². The smallest absolute Gasteiger partial charge is 0.0682 e.